The predicted molar refractivity (Wildman–Crippen MR) is 54.4 cm³/mol. The average Bonchev–Trinajstić information content (AvgIpc) is 1.78. The van der Waals surface area contributed by atoms with Crippen LogP contribution in [0.5, 0.6) is 0 Å². The van der Waals surface area contributed by atoms with E-state index >= 15 is 0 Å². The molecule has 0 aliphatic rings. The third-order valence-electron chi connectivity index (χ3n) is 0.167. The largest absolute Gasteiger partial charge is 4.00 e. The molecule has 0 atom stereocenters. The first kappa shape index (κ1) is 36.0. The van der Waals surface area contributed by atoms with Gasteiger partial charge in [0.25, 0.3) is 12.3 Å². The minimum absolute atomic E-state index is 0. The quantitative estimate of drug-likeness (QED) is 0.310. The van der Waals surface area contributed by atoms with Crippen LogP contribution in [0.2, 0.25) is 0 Å². The fourth-order valence-electron chi connectivity index (χ4n) is 0.0680. The second-order valence-corrected chi connectivity index (χ2v) is 3.09. The molecule has 0 aromatic heterocycles. The van der Waals surface area contributed by atoms with Crippen LogP contribution in [0.3, 0.4) is 0 Å². The number of carboxylic acid groups (broad SMARTS) is 2. The van der Waals surface area contributed by atoms with Crippen LogP contribution < -0.4 is 21.7 Å². The minimum atomic E-state index is -2.12. The van der Waals surface area contributed by atoms with Crippen molar-refractivity contribution in [2.45, 2.75) is 39.8 Å². The molecular formula is C8H20N2O7Pt. The van der Waals surface area contributed by atoms with Gasteiger partial charge in [-0.3, -0.25) is 0 Å². The summed E-state index contributed by atoms with van der Waals surface area (Å²) < 4.78 is 2.86. The van der Waals surface area contributed by atoms with Gasteiger partial charge in [0.05, 0.1) is 0 Å². The van der Waals surface area contributed by atoms with Crippen LogP contribution in [-0.2, 0) is 25.8 Å². The van der Waals surface area contributed by atoms with Crippen LogP contribution in [0.4, 0.5) is 9.59 Å². The predicted octanol–water partition coefficient (Wildman–Crippen LogP) is -1.96. The number of nitrogens with two attached hydrogens (primary N) is 2. The summed E-state index contributed by atoms with van der Waals surface area (Å²) in [6.07, 6.45) is -4.25. The molecule has 9 nitrogen and oxygen atoms in total. The summed E-state index contributed by atoms with van der Waals surface area (Å²) in [6.45, 7) is 7.78. The minimum Gasteiger partial charge on any atom is -0.870 e. The van der Waals surface area contributed by atoms with E-state index in [1.54, 1.807) is 0 Å². The van der Waals surface area contributed by atoms with Gasteiger partial charge in [-0.2, -0.15) is 0 Å². The van der Waals surface area contributed by atoms with Gasteiger partial charge in [0.1, 0.15) is 0 Å². The van der Waals surface area contributed by atoms with Gasteiger partial charge in [-0.1, -0.05) is 27.7 Å². The van der Waals surface area contributed by atoms with E-state index < -0.39 is 12.3 Å². The molecule has 0 spiro atoms. The fourth-order valence-corrected chi connectivity index (χ4v) is 0.0680. The molecule has 0 bridgehead atoms. The Kier molecular flexibility index (Phi) is 50.4. The summed E-state index contributed by atoms with van der Waals surface area (Å²) in [7, 11) is 0. The molecule has 6 N–H and O–H groups in total. The topological polar surface area (TPSA) is 202 Å². The Morgan fingerprint density at radius 2 is 1.00 bits per heavy atom. The van der Waals surface area contributed by atoms with Gasteiger partial charge in [0, 0.05) is 0 Å². The van der Waals surface area contributed by atoms with Crippen molar-refractivity contribution in [1.82, 2.24) is 0 Å². The zero-order valence-corrected chi connectivity index (χ0v) is 12.8. The normalized spacial score (nSPS) is 6.89. The van der Waals surface area contributed by atoms with Gasteiger partial charge < -0.3 is 47.0 Å². The first-order chi connectivity index (χ1) is 6.59. The number of hydrogen-bond donors (Lipinski definition) is 2. The summed E-state index contributed by atoms with van der Waals surface area (Å²) in [5, 5.41) is 18.1. The Bertz CT molecular complexity index is 155. The molecule has 0 fully saturated rings. The molecule has 0 amide bonds. The summed E-state index contributed by atoms with van der Waals surface area (Å²) in [6, 6.07) is 0.667. The molecule has 0 heterocycles. The van der Waals surface area contributed by atoms with Crippen LogP contribution in [0.1, 0.15) is 27.7 Å². The molecule has 0 unspecified atom stereocenters. The molecule has 0 saturated heterocycles. The smallest absolute Gasteiger partial charge is 0.870 e. The van der Waals surface area contributed by atoms with E-state index in [-0.39, 0.29) is 32.0 Å². The van der Waals surface area contributed by atoms with Gasteiger partial charge >= 0.3 is 21.1 Å². The zero-order chi connectivity index (χ0) is 13.0. The van der Waals surface area contributed by atoms with E-state index in [9.17, 15) is 0 Å². The van der Waals surface area contributed by atoms with Crippen molar-refractivity contribution >= 4 is 12.3 Å². The second-order valence-electron chi connectivity index (χ2n) is 3.09. The fraction of sp³-hybridized carbons (Fsp3) is 0.750. The third-order valence-corrected chi connectivity index (χ3v) is 0.167. The Morgan fingerprint density at radius 1 is 0.889 bits per heavy atom. The molecule has 0 aromatic carbocycles. The molecule has 0 saturated carbocycles. The van der Waals surface area contributed by atoms with E-state index in [0.29, 0.717) is 12.1 Å². The van der Waals surface area contributed by atoms with E-state index in [4.69, 9.17) is 31.3 Å². The molecule has 0 aliphatic heterocycles. The molecule has 0 radical (unpaired) electrons. The van der Waals surface area contributed by atoms with Crippen molar-refractivity contribution in [2.24, 2.45) is 11.5 Å². The van der Waals surface area contributed by atoms with Gasteiger partial charge in [0.2, 0.25) is 0 Å². The number of carbonyl (C=O) groups excluding carboxylic acids is 2. The Balaban J connectivity index is -0.0000000292. The molecule has 114 valence electrons. The molecule has 0 aliphatic carbocycles. The van der Waals surface area contributed by atoms with Crippen LogP contribution >= 0.6 is 0 Å². The van der Waals surface area contributed by atoms with Gasteiger partial charge in [0.15, 0.2) is 0 Å². The standard InChI is InChI=1S/2C3H9N.C2H2O5.2H2O.Pt/c2*1-3(2)4;3-1(4)7-2(5)6;;;/h2*3H,4H2,1-2H3;(H,3,4)(H,5,6);2*1H2;/q;;;;;+4/p-4. The monoisotopic (exact) mass is 451 g/mol. The van der Waals surface area contributed by atoms with Crippen molar-refractivity contribution in [2.75, 3.05) is 0 Å². The molecule has 18 heavy (non-hydrogen) atoms. The van der Waals surface area contributed by atoms with Crippen molar-refractivity contribution in [1.29, 1.82) is 0 Å². The maximum atomic E-state index is 9.06. The van der Waals surface area contributed by atoms with Gasteiger partial charge in [-0.05, 0) is 12.1 Å². The van der Waals surface area contributed by atoms with E-state index in [1.807, 2.05) is 27.7 Å². The Hall–Kier alpha value is -0.732. The summed E-state index contributed by atoms with van der Waals surface area (Å²) in [4.78, 5) is 18.1. The SMILES string of the molecule is CC(C)N.CC(C)N.O=C([O-])OC(=O)[O-].[OH-].[OH-].[Pt+4]. The maximum Gasteiger partial charge on any atom is 4.00 e. The number of rotatable bonds is 0. The number of carbonyl (C=O) groups is 2. The van der Waals surface area contributed by atoms with Crippen LogP contribution in [0, 0.1) is 0 Å². The number of ether oxygens (including phenoxy) is 1. The van der Waals surface area contributed by atoms with Crippen molar-refractivity contribution in [3.63, 3.8) is 0 Å². The first-order valence-corrected chi connectivity index (χ1v) is 4.20. The second kappa shape index (κ2) is 25.2. The summed E-state index contributed by atoms with van der Waals surface area (Å²) in [5.74, 6) is 0. The van der Waals surface area contributed by atoms with Crippen molar-refractivity contribution < 1.29 is 56.6 Å². The van der Waals surface area contributed by atoms with E-state index in [0.717, 1.165) is 0 Å². The average molecular weight is 451 g/mol. The van der Waals surface area contributed by atoms with Gasteiger partial charge in [-0.15, -0.1) is 0 Å². The summed E-state index contributed by atoms with van der Waals surface area (Å²) >= 11 is 0. The van der Waals surface area contributed by atoms with Crippen LogP contribution in [0.25, 0.3) is 0 Å². The van der Waals surface area contributed by atoms with Gasteiger partial charge in [-0.25, -0.2) is 0 Å². The first-order valence-electron chi connectivity index (χ1n) is 4.20. The molecule has 0 rings (SSSR count). The summed E-state index contributed by atoms with van der Waals surface area (Å²) in [5.41, 5.74) is 10.2. The maximum absolute atomic E-state index is 9.06. The van der Waals surface area contributed by atoms with Crippen LogP contribution in [0.15, 0.2) is 0 Å². The Morgan fingerprint density at radius 3 is 1.00 bits per heavy atom. The zero-order valence-electron chi connectivity index (χ0n) is 10.6. The Labute approximate surface area is 120 Å². The molecule has 0 aromatic rings. The van der Waals surface area contributed by atoms with E-state index in [2.05, 4.69) is 4.74 Å². The molecule has 10 heteroatoms. The van der Waals surface area contributed by atoms with Crippen molar-refractivity contribution in [3.8, 4) is 0 Å². The van der Waals surface area contributed by atoms with Crippen molar-refractivity contribution in [3.05, 3.63) is 0 Å². The third kappa shape index (κ3) is 291. The number of hydrogen-bond acceptors (Lipinski definition) is 9. The van der Waals surface area contributed by atoms with Crippen LogP contribution in [-0.4, -0.2) is 35.3 Å². The van der Waals surface area contributed by atoms with E-state index in [1.165, 1.54) is 0 Å². The molecular weight excluding hydrogens is 431 g/mol.